The maximum Gasteiger partial charge on any atom is 0.225 e. The van der Waals surface area contributed by atoms with E-state index in [0.29, 0.717) is 11.4 Å². The number of fused-ring (bicyclic) bond motifs is 2. The smallest absolute Gasteiger partial charge is 0.225 e. The highest BCUT2D eigenvalue weighted by atomic mass is 32.2. The van der Waals surface area contributed by atoms with E-state index in [0.717, 1.165) is 29.3 Å². The van der Waals surface area contributed by atoms with Crippen molar-refractivity contribution in [3.05, 3.63) is 102 Å². The number of nitrogens with zero attached hydrogens (tertiary/aromatic N) is 2. The van der Waals surface area contributed by atoms with Gasteiger partial charge in [0.2, 0.25) is 5.91 Å². The van der Waals surface area contributed by atoms with Crippen LogP contribution in [0.3, 0.4) is 0 Å². The minimum Gasteiger partial charge on any atom is -0.593 e. The molecule has 174 valence electrons. The molecule has 3 aromatic carbocycles. The molecule has 4 aromatic rings. The van der Waals surface area contributed by atoms with E-state index in [2.05, 4.69) is 28.5 Å². The maximum absolute atomic E-state index is 13.6. The number of aromatic nitrogens is 1. The van der Waals surface area contributed by atoms with Crippen LogP contribution in [0.4, 0.5) is 0 Å². The second-order valence-corrected chi connectivity index (χ2v) is 9.95. The molecule has 5 nitrogen and oxygen atoms in total. The summed E-state index contributed by atoms with van der Waals surface area (Å²) < 4.78 is 18.8. The third-order valence-electron chi connectivity index (χ3n) is 6.64. The van der Waals surface area contributed by atoms with Gasteiger partial charge in [0.25, 0.3) is 0 Å². The van der Waals surface area contributed by atoms with Gasteiger partial charge in [0.1, 0.15) is 0 Å². The molecule has 1 aliphatic heterocycles. The summed E-state index contributed by atoms with van der Waals surface area (Å²) in [5.41, 5.74) is 2.14. The predicted molar refractivity (Wildman–Crippen MR) is 136 cm³/mol. The van der Waals surface area contributed by atoms with Crippen molar-refractivity contribution >= 4 is 28.0 Å². The minimum absolute atomic E-state index is 0.0682. The lowest BCUT2D eigenvalue weighted by Gasteiger charge is -2.37. The van der Waals surface area contributed by atoms with Crippen molar-refractivity contribution in [3.63, 3.8) is 0 Å². The fourth-order valence-electron chi connectivity index (χ4n) is 4.88. The zero-order chi connectivity index (χ0) is 23.5. The summed E-state index contributed by atoms with van der Waals surface area (Å²) in [4.78, 5) is 16.2. The van der Waals surface area contributed by atoms with Crippen molar-refractivity contribution in [1.82, 2.24) is 14.2 Å². The number of amides is 1. The Hall–Kier alpha value is -3.06. The fraction of sp³-hybridized carbons (Fsp3) is 0.250. The highest BCUT2D eigenvalue weighted by Gasteiger charge is 2.32. The monoisotopic (exact) mass is 471 g/mol. The number of hydrogen-bond acceptors (Lipinski definition) is 3. The molecule has 0 saturated carbocycles. The molecule has 2 unspecified atom stereocenters. The van der Waals surface area contributed by atoms with Crippen molar-refractivity contribution < 1.29 is 9.35 Å². The molecule has 0 bridgehead atoms. The number of nitrogens with one attached hydrogen (secondary N) is 1. The highest BCUT2D eigenvalue weighted by Crippen LogP contribution is 2.31. The summed E-state index contributed by atoms with van der Waals surface area (Å²) in [5, 5.41) is 2.16. The predicted octanol–water partition coefficient (Wildman–Crippen LogP) is 5.38. The highest BCUT2D eigenvalue weighted by molar-refractivity contribution is 7.89. The van der Waals surface area contributed by atoms with Gasteiger partial charge in [0, 0.05) is 31.0 Å². The second kappa shape index (κ2) is 10.1. The Kier molecular flexibility index (Phi) is 6.72. The Morgan fingerprint density at radius 1 is 1.00 bits per heavy atom. The van der Waals surface area contributed by atoms with Crippen LogP contribution in [0.5, 0.6) is 0 Å². The first-order valence-electron chi connectivity index (χ1n) is 11.8. The molecule has 0 aliphatic carbocycles. The van der Waals surface area contributed by atoms with Crippen molar-refractivity contribution in [2.24, 2.45) is 0 Å². The number of carbonyl (C=O) groups is 1. The number of benzene rings is 3. The van der Waals surface area contributed by atoms with Gasteiger partial charge < -0.3 is 14.0 Å². The van der Waals surface area contributed by atoms with Crippen molar-refractivity contribution in [1.29, 1.82) is 0 Å². The summed E-state index contributed by atoms with van der Waals surface area (Å²) >= 11 is -1.46. The number of hydrogen-bond donors (Lipinski definition) is 1. The van der Waals surface area contributed by atoms with Gasteiger partial charge in [0.05, 0.1) is 29.9 Å². The first kappa shape index (κ1) is 22.7. The zero-order valence-electron chi connectivity index (χ0n) is 19.3. The molecule has 0 saturated heterocycles. The number of carbonyl (C=O) groups excluding carboxylic acids is 1. The summed E-state index contributed by atoms with van der Waals surface area (Å²) in [6.07, 6.45) is 3.20. The van der Waals surface area contributed by atoms with Gasteiger partial charge in [-0.15, -0.1) is 4.72 Å². The average molecular weight is 472 g/mol. The Bertz CT molecular complexity index is 1270. The van der Waals surface area contributed by atoms with E-state index in [9.17, 15) is 9.35 Å². The van der Waals surface area contributed by atoms with Crippen LogP contribution in [0.15, 0.2) is 96.0 Å². The molecule has 0 fully saturated rings. The number of rotatable bonds is 7. The lowest BCUT2D eigenvalue weighted by molar-refractivity contribution is -0.135. The van der Waals surface area contributed by atoms with Crippen LogP contribution < -0.4 is 4.72 Å². The Morgan fingerprint density at radius 2 is 1.76 bits per heavy atom. The third-order valence-corrected chi connectivity index (χ3v) is 7.82. The quantitative estimate of drug-likeness (QED) is 0.368. The minimum atomic E-state index is -1.46. The van der Waals surface area contributed by atoms with E-state index < -0.39 is 11.4 Å². The van der Waals surface area contributed by atoms with Crippen LogP contribution in [0, 0.1) is 0 Å². The van der Waals surface area contributed by atoms with Gasteiger partial charge in [-0.05, 0) is 47.0 Å². The third kappa shape index (κ3) is 4.62. The van der Waals surface area contributed by atoms with E-state index in [1.54, 1.807) is 0 Å². The van der Waals surface area contributed by atoms with Crippen LogP contribution in [0.25, 0.3) is 10.8 Å². The van der Waals surface area contributed by atoms with Gasteiger partial charge in [-0.1, -0.05) is 61.5 Å². The average Bonchev–Trinajstić information content (AvgIpc) is 3.37. The normalized spacial score (nSPS) is 17.4. The molecular weight excluding hydrogens is 442 g/mol. The maximum atomic E-state index is 13.6. The van der Waals surface area contributed by atoms with Gasteiger partial charge in [-0.25, -0.2) is 0 Å². The molecular formula is C28H29N3O2S. The van der Waals surface area contributed by atoms with E-state index in [-0.39, 0.29) is 24.4 Å². The fourth-order valence-corrected chi connectivity index (χ4v) is 5.92. The summed E-state index contributed by atoms with van der Waals surface area (Å²) in [6.45, 7) is 3.61. The zero-order valence-corrected chi connectivity index (χ0v) is 20.1. The first-order valence-corrected chi connectivity index (χ1v) is 12.9. The van der Waals surface area contributed by atoms with E-state index in [4.69, 9.17) is 0 Å². The molecule has 34 heavy (non-hydrogen) atoms. The lowest BCUT2D eigenvalue weighted by Crippen LogP contribution is -2.43. The standard InChI is InChI=1S/C28H29N3O2S/c1-2-26-27-13-8-16-30(27)17-18-31(26)28(32)20-25(22-10-4-3-5-11-22)29-34(33)24-15-14-21-9-6-7-12-23(21)19-24/h3-16,19,25-26,29H,2,17-18,20H2,1H3/t25-,26?,34?/m1/s1. The first-order chi connectivity index (χ1) is 16.6. The van der Waals surface area contributed by atoms with Crippen LogP contribution in [-0.4, -0.2) is 26.5 Å². The molecule has 0 radical (unpaired) electrons. The molecule has 3 atom stereocenters. The molecule has 1 amide bonds. The molecule has 1 aromatic heterocycles. The van der Waals surface area contributed by atoms with Crippen LogP contribution in [0.1, 0.15) is 43.1 Å². The Morgan fingerprint density at radius 3 is 2.56 bits per heavy atom. The summed E-state index contributed by atoms with van der Waals surface area (Å²) in [5.74, 6) is 0.0798. The Labute approximate surface area is 203 Å². The second-order valence-electron chi connectivity index (χ2n) is 8.70. The summed E-state index contributed by atoms with van der Waals surface area (Å²) in [7, 11) is 0. The van der Waals surface area contributed by atoms with Gasteiger partial charge in [-0.2, -0.15) is 0 Å². The van der Waals surface area contributed by atoms with Crippen molar-refractivity contribution in [2.45, 2.75) is 43.3 Å². The molecule has 2 heterocycles. The van der Waals surface area contributed by atoms with Crippen LogP contribution >= 0.6 is 0 Å². The van der Waals surface area contributed by atoms with Gasteiger partial charge >= 0.3 is 0 Å². The Balaban J connectivity index is 1.37. The molecule has 0 spiro atoms. The van der Waals surface area contributed by atoms with Crippen LogP contribution in [-0.2, 0) is 22.7 Å². The van der Waals surface area contributed by atoms with E-state index >= 15 is 0 Å². The topological polar surface area (TPSA) is 60.3 Å². The van der Waals surface area contributed by atoms with Crippen molar-refractivity contribution in [3.8, 4) is 0 Å². The molecule has 5 rings (SSSR count). The summed E-state index contributed by atoms with van der Waals surface area (Å²) in [6, 6.07) is 27.6. The van der Waals surface area contributed by atoms with Crippen LogP contribution in [0.2, 0.25) is 0 Å². The lowest BCUT2D eigenvalue weighted by atomic mass is 10.0. The SMILES string of the molecule is CCC1c2cccn2CCN1C(=O)C[C@@H](N[S+]([O-])c1ccc2ccccc2c1)c1ccccc1. The molecule has 6 heteroatoms. The van der Waals surface area contributed by atoms with E-state index in [1.807, 2.05) is 83.8 Å². The van der Waals surface area contributed by atoms with Gasteiger partial charge in [-0.3, -0.25) is 4.79 Å². The molecule has 1 N–H and O–H groups in total. The van der Waals surface area contributed by atoms with E-state index in [1.165, 1.54) is 5.69 Å². The van der Waals surface area contributed by atoms with Gasteiger partial charge in [0.15, 0.2) is 4.90 Å². The largest absolute Gasteiger partial charge is 0.593 e. The molecule has 1 aliphatic rings. The van der Waals surface area contributed by atoms with Crippen molar-refractivity contribution in [2.75, 3.05) is 6.54 Å².